The molecule has 1 aromatic carbocycles. The third kappa shape index (κ3) is 1.85. The number of methoxy groups -OCH3 is 1. The Morgan fingerprint density at radius 2 is 2.06 bits per heavy atom. The summed E-state index contributed by atoms with van der Waals surface area (Å²) >= 11 is 7.81. The molecule has 2 aromatic heterocycles. The summed E-state index contributed by atoms with van der Waals surface area (Å²) in [5, 5.41) is 1.72. The molecule has 18 heavy (non-hydrogen) atoms. The monoisotopic (exact) mass is 275 g/mol. The Balaban J connectivity index is 2.23. The van der Waals surface area contributed by atoms with Crippen molar-refractivity contribution in [3.8, 4) is 16.2 Å². The van der Waals surface area contributed by atoms with Crippen molar-refractivity contribution in [2.75, 3.05) is 7.11 Å². The van der Waals surface area contributed by atoms with Gasteiger partial charge in [0.1, 0.15) is 5.75 Å². The fraction of sp³-hybridized carbons (Fsp3) is 0.0714. The lowest BCUT2D eigenvalue weighted by atomic mass is 10.1. The molecule has 0 aliphatic heterocycles. The van der Waals surface area contributed by atoms with Gasteiger partial charge in [-0.1, -0.05) is 23.7 Å². The van der Waals surface area contributed by atoms with E-state index in [0.717, 1.165) is 26.3 Å². The minimum Gasteiger partial charge on any atom is -0.496 e. The van der Waals surface area contributed by atoms with Crippen LogP contribution in [0.4, 0.5) is 0 Å². The van der Waals surface area contributed by atoms with Gasteiger partial charge in [-0.15, -0.1) is 11.3 Å². The average Bonchev–Trinajstić information content (AvgIpc) is 2.84. The van der Waals surface area contributed by atoms with E-state index >= 15 is 0 Å². The summed E-state index contributed by atoms with van der Waals surface area (Å²) in [6, 6.07) is 10.1. The molecule has 0 N–H and O–H groups in total. The van der Waals surface area contributed by atoms with E-state index in [1.54, 1.807) is 24.6 Å². The van der Waals surface area contributed by atoms with E-state index in [4.69, 9.17) is 16.3 Å². The highest BCUT2D eigenvalue weighted by Gasteiger charge is 2.10. The average molecular weight is 276 g/mol. The smallest absolute Gasteiger partial charge is 0.127 e. The SMILES string of the molecule is COc1ccccc1-c1cc2c(Cl)cncc2s1. The summed E-state index contributed by atoms with van der Waals surface area (Å²) in [6.45, 7) is 0. The van der Waals surface area contributed by atoms with Crippen LogP contribution >= 0.6 is 22.9 Å². The molecule has 0 atom stereocenters. The first kappa shape index (κ1) is 11.5. The summed E-state index contributed by atoms with van der Waals surface area (Å²) in [5.74, 6) is 0.869. The normalized spacial score (nSPS) is 10.8. The van der Waals surface area contributed by atoms with Crippen LogP contribution in [0.15, 0.2) is 42.7 Å². The van der Waals surface area contributed by atoms with Gasteiger partial charge in [0, 0.05) is 28.2 Å². The lowest BCUT2D eigenvalue weighted by Gasteiger charge is -2.05. The zero-order chi connectivity index (χ0) is 12.5. The Labute approximate surface area is 114 Å². The highest BCUT2D eigenvalue weighted by molar-refractivity contribution is 7.22. The van der Waals surface area contributed by atoms with Crippen molar-refractivity contribution in [1.29, 1.82) is 0 Å². The summed E-state index contributed by atoms with van der Waals surface area (Å²) < 4.78 is 6.47. The summed E-state index contributed by atoms with van der Waals surface area (Å²) in [4.78, 5) is 5.25. The Hall–Kier alpha value is -1.58. The van der Waals surface area contributed by atoms with Gasteiger partial charge in [0.15, 0.2) is 0 Å². The number of benzene rings is 1. The first-order chi connectivity index (χ1) is 8.79. The predicted octanol–water partition coefficient (Wildman–Crippen LogP) is 4.63. The molecule has 3 rings (SSSR count). The van der Waals surface area contributed by atoms with Crippen LogP contribution in [0.5, 0.6) is 5.75 Å². The van der Waals surface area contributed by atoms with Crippen molar-refractivity contribution in [1.82, 2.24) is 4.98 Å². The predicted molar refractivity (Wildman–Crippen MR) is 76.6 cm³/mol. The molecule has 0 radical (unpaired) electrons. The minimum absolute atomic E-state index is 0.685. The molecule has 0 amide bonds. The van der Waals surface area contributed by atoms with Crippen molar-refractivity contribution in [2.24, 2.45) is 0 Å². The topological polar surface area (TPSA) is 22.1 Å². The maximum Gasteiger partial charge on any atom is 0.127 e. The number of halogens is 1. The molecule has 0 unspecified atom stereocenters. The van der Waals surface area contributed by atoms with Gasteiger partial charge in [-0.05, 0) is 18.2 Å². The largest absolute Gasteiger partial charge is 0.496 e. The van der Waals surface area contributed by atoms with Crippen molar-refractivity contribution >= 4 is 33.0 Å². The molecule has 0 spiro atoms. The van der Waals surface area contributed by atoms with Gasteiger partial charge in [0.2, 0.25) is 0 Å². The molecule has 2 heterocycles. The van der Waals surface area contributed by atoms with E-state index in [-0.39, 0.29) is 0 Å². The number of rotatable bonds is 2. The summed E-state index contributed by atoms with van der Waals surface area (Å²) in [6.07, 6.45) is 3.51. The Kier molecular flexibility index (Phi) is 2.94. The van der Waals surface area contributed by atoms with Gasteiger partial charge in [-0.2, -0.15) is 0 Å². The van der Waals surface area contributed by atoms with E-state index in [2.05, 4.69) is 11.1 Å². The molecule has 0 aliphatic rings. The maximum absolute atomic E-state index is 6.14. The van der Waals surface area contributed by atoms with Crippen LogP contribution in [-0.4, -0.2) is 12.1 Å². The van der Waals surface area contributed by atoms with Crippen LogP contribution in [0, 0.1) is 0 Å². The molecule has 0 aliphatic carbocycles. The van der Waals surface area contributed by atoms with Crippen LogP contribution in [0.1, 0.15) is 0 Å². The number of pyridine rings is 1. The van der Waals surface area contributed by atoms with Crippen LogP contribution in [0.3, 0.4) is 0 Å². The highest BCUT2D eigenvalue weighted by atomic mass is 35.5. The highest BCUT2D eigenvalue weighted by Crippen LogP contribution is 2.39. The van der Waals surface area contributed by atoms with E-state index in [1.807, 2.05) is 30.5 Å². The van der Waals surface area contributed by atoms with Gasteiger partial charge in [0.25, 0.3) is 0 Å². The number of para-hydroxylation sites is 1. The van der Waals surface area contributed by atoms with Gasteiger partial charge < -0.3 is 4.74 Å². The van der Waals surface area contributed by atoms with Crippen molar-refractivity contribution in [2.45, 2.75) is 0 Å². The molecule has 2 nitrogen and oxygen atoms in total. The third-order valence-corrected chi connectivity index (χ3v) is 4.17. The zero-order valence-corrected chi connectivity index (χ0v) is 11.3. The lowest BCUT2D eigenvalue weighted by molar-refractivity contribution is 0.416. The van der Waals surface area contributed by atoms with Crippen molar-refractivity contribution < 1.29 is 4.74 Å². The summed E-state index contributed by atoms with van der Waals surface area (Å²) in [7, 11) is 1.68. The van der Waals surface area contributed by atoms with Gasteiger partial charge in [-0.25, -0.2) is 0 Å². The van der Waals surface area contributed by atoms with Crippen LogP contribution in [0.25, 0.3) is 20.5 Å². The second-order valence-corrected chi connectivity index (χ2v) is 5.34. The first-order valence-electron chi connectivity index (χ1n) is 5.46. The van der Waals surface area contributed by atoms with Crippen LogP contribution < -0.4 is 4.74 Å². The number of hydrogen-bond acceptors (Lipinski definition) is 3. The molecular weight excluding hydrogens is 266 g/mol. The van der Waals surface area contributed by atoms with E-state index in [9.17, 15) is 0 Å². The lowest BCUT2D eigenvalue weighted by Crippen LogP contribution is -1.84. The summed E-state index contributed by atoms with van der Waals surface area (Å²) in [5.41, 5.74) is 1.08. The van der Waals surface area contributed by atoms with Gasteiger partial charge in [0.05, 0.1) is 16.8 Å². The van der Waals surface area contributed by atoms with E-state index < -0.39 is 0 Å². The number of nitrogens with zero attached hydrogens (tertiary/aromatic N) is 1. The van der Waals surface area contributed by atoms with Crippen molar-refractivity contribution in [3.63, 3.8) is 0 Å². The van der Waals surface area contributed by atoms with Crippen LogP contribution in [-0.2, 0) is 0 Å². The standard InChI is InChI=1S/C14H10ClNOS/c1-17-12-5-3-2-4-9(12)13-6-10-11(15)7-16-8-14(10)18-13/h2-8H,1H3. The maximum atomic E-state index is 6.14. The second kappa shape index (κ2) is 4.59. The fourth-order valence-electron chi connectivity index (χ4n) is 1.91. The Bertz CT molecular complexity index is 708. The molecule has 90 valence electrons. The number of thiophene rings is 1. The first-order valence-corrected chi connectivity index (χ1v) is 6.65. The quantitative estimate of drug-likeness (QED) is 0.680. The molecule has 4 heteroatoms. The Morgan fingerprint density at radius 3 is 2.83 bits per heavy atom. The van der Waals surface area contributed by atoms with Gasteiger partial charge in [-0.3, -0.25) is 4.98 Å². The molecule has 0 saturated carbocycles. The van der Waals surface area contributed by atoms with E-state index in [0.29, 0.717) is 5.02 Å². The molecular formula is C14H10ClNOS. The number of fused-ring (bicyclic) bond motifs is 1. The van der Waals surface area contributed by atoms with E-state index in [1.165, 1.54) is 0 Å². The molecule has 3 aromatic rings. The molecule has 0 bridgehead atoms. The second-order valence-electron chi connectivity index (χ2n) is 3.84. The zero-order valence-electron chi connectivity index (χ0n) is 9.68. The fourth-order valence-corrected chi connectivity index (χ4v) is 3.26. The number of hydrogen-bond donors (Lipinski definition) is 0. The van der Waals surface area contributed by atoms with Crippen molar-refractivity contribution in [3.05, 3.63) is 47.7 Å². The third-order valence-electron chi connectivity index (χ3n) is 2.77. The number of ether oxygens (including phenoxy) is 1. The molecule has 0 saturated heterocycles. The minimum atomic E-state index is 0.685. The van der Waals surface area contributed by atoms with Gasteiger partial charge >= 0.3 is 0 Å². The molecule has 0 fully saturated rings. The number of aromatic nitrogens is 1. The Morgan fingerprint density at radius 1 is 1.22 bits per heavy atom. The van der Waals surface area contributed by atoms with Crippen LogP contribution in [0.2, 0.25) is 5.02 Å².